The summed E-state index contributed by atoms with van der Waals surface area (Å²) in [5, 5.41) is 6.60. The molecule has 0 atom stereocenters. The molecular formula is C25H27N3O3S. The lowest BCUT2D eigenvalue weighted by Gasteiger charge is -2.13. The van der Waals surface area contributed by atoms with Gasteiger partial charge in [0, 0.05) is 29.4 Å². The number of nitrogens with one attached hydrogen (secondary N) is 2. The van der Waals surface area contributed by atoms with E-state index in [0.717, 1.165) is 42.6 Å². The minimum Gasteiger partial charge on any atom is -0.491 e. The van der Waals surface area contributed by atoms with Crippen molar-refractivity contribution in [2.24, 2.45) is 0 Å². The summed E-state index contributed by atoms with van der Waals surface area (Å²) in [5.74, 6) is 0.323. The molecule has 0 unspecified atom stereocenters. The zero-order chi connectivity index (χ0) is 22.5. The number of pyridine rings is 1. The number of thiophene rings is 1. The number of hydrogen-bond donors (Lipinski definition) is 2. The number of hydrogen-bond acceptors (Lipinski definition) is 5. The topological polar surface area (TPSA) is 80.3 Å². The van der Waals surface area contributed by atoms with E-state index in [1.54, 1.807) is 36.7 Å². The molecule has 0 bridgehead atoms. The SMILES string of the molecule is CC(C)Oc1ccc(C(=O)Nc2sc3c(c2C(=O)NCc2cccnc2)CCCC3)cc1. The van der Waals surface area contributed by atoms with E-state index in [-0.39, 0.29) is 17.9 Å². The molecule has 32 heavy (non-hydrogen) atoms. The first-order valence-corrected chi connectivity index (χ1v) is 11.7. The zero-order valence-electron chi connectivity index (χ0n) is 18.3. The molecule has 166 valence electrons. The maximum atomic E-state index is 13.1. The Morgan fingerprint density at radius 3 is 2.59 bits per heavy atom. The lowest BCUT2D eigenvalue weighted by Crippen LogP contribution is -2.25. The van der Waals surface area contributed by atoms with Gasteiger partial charge in [-0.25, -0.2) is 0 Å². The predicted octanol–water partition coefficient (Wildman–Crippen LogP) is 4.99. The van der Waals surface area contributed by atoms with Crippen LogP contribution in [-0.2, 0) is 19.4 Å². The highest BCUT2D eigenvalue weighted by atomic mass is 32.1. The second kappa shape index (κ2) is 9.96. The number of benzene rings is 1. The van der Waals surface area contributed by atoms with E-state index in [4.69, 9.17) is 4.74 Å². The highest BCUT2D eigenvalue weighted by Gasteiger charge is 2.26. The third-order valence-electron chi connectivity index (χ3n) is 5.29. The summed E-state index contributed by atoms with van der Waals surface area (Å²) < 4.78 is 5.65. The Balaban J connectivity index is 1.53. The standard InChI is InChI=1S/C25H27N3O3S/c1-16(2)31-19-11-9-18(10-12-19)23(29)28-25-22(20-7-3-4-8-21(20)32-25)24(30)27-15-17-6-5-13-26-14-17/h5-6,9-14,16H,3-4,7-8,15H2,1-2H3,(H,27,30)(H,28,29). The van der Waals surface area contributed by atoms with E-state index < -0.39 is 0 Å². The molecule has 2 aromatic heterocycles. The third-order valence-corrected chi connectivity index (χ3v) is 6.50. The van der Waals surface area contributed by atoms with E-state index in [1.165, 1.54) is 16.2 Å². The quantitative estimate of drug-likeness (QED) is 0.532. The van der Waals surface area contributed by atoms with Gasteiger partial charge in [-0.05, 0) is 81.0 Å². The summed E-state index contributed by atoms with van der Waals surface area (Å²) in [4.78, 5) is 31.4. The number of fused-ring (bicyclic) bond motifs is 1. The van der Waals surface area contributed by atoms with Gasteiger partial charge in [0.2, 0.25) is 0 Å². The molecule has 3 aromatic rings. The molecule has 2 amide bonds. The first kappa shape index (κ1) is 22.0. The second-order valence-corrected chi connectivity index (χ2v) is 9.21. The summed E-state index contributed by atoms with van der Waals surface area (Å²) >= 11 is 1.52. The van der Waals surface area contributed by atoms with Gasteiger partial charge >= 0.3 is 0 Å². The number of ether oxygens (including phenoxy) is 1. The molecule has 0 spiro atoms. The van der Waals surface area contributed by atoms with Crippen LogP contribution in [0.2, 0.25) is 0 Å². The number of anilines is 1. The zero-order valence-corrected chi connectivity index (χ0v) is 19.1. The molecule has 2 N–H and O–H groups in total. The molecule has 0 saturated heterocycles. The van der Waals surface area contributed by atoms with Crippen LogP contribution in [0.4, 0.5) is 5.00 Å². The number of aromatic nitrogens is 1. The van der Waals surface area contributed by atoms with Crippen LogP contribution in [0.25, 0.3) is 0 Å². The summed E-state index contributed by atoms with van der Waals surface area (Å²) in [5.41, 5.74) is 3.12. The van der Waals surface area contributed by atoms with Gasteiger partial charge in [0.05, 0.1) is 11.7 Å². The van der Waals surface area contributed by atoms with Crippen molar-refractivity contribution in [3.05, 3.63) is 75.9 Å². The molecule has 0 radical (unpaired) electrons. The van der Waals surface area contributed by atoms with Crippen molar-refractivity contribution in [3.8, 4) is 5.75 Å². The van der Waals surface area contributed by atoms with Crippen LogP contribution >= 0.6 is 11.3 Å². The second-order valence-electron chi connectivity index (χ2n) is 8.10. The Morgan fingerprint density at radius 2 is 1.88 bits per heavy atom. The van der Waals surface area contributed by atoms with Crippen LogP contribution in [0.3, 0.4) is 0 Å². The van der Waals surface area contributed by atoms with Crippen molar-refractivity contribution in [2.75, 3.05) is 5.32 Å². The maximum Gasteiger partial charge on any atom is 0.256 e. The van der Waals surface area contributed by atoms with Crippen LogP contribution < -0.4 is 15.4 Å². The Morgan fingerprint density at radius 1 is 1.09 bits per heavy atom. The Labute approximate surface area is 192 Å². The molecule has 0 saturated carbocycles. The first-order valence-electron chi connectivity index (χ1n) is 10.9. The van der Waals surface area contributed by atoms with Gasteiger partial charge in [-0.2, -0.15) is 0 Å². The average molecular weight is 450 g/mol. The van der Waals surface area contributed by atoms with Crippen molar-refractivity contribution < 1.29 is 14.3 Å². The molecule has 2 heterocycles. The number of rotatable bonds is 7. The summed E-state index contributed by atoms with van der Waals surface area (Å²) in [6, 6.07) is 10.8. The minimum atomic E-state index is -0.235. The molecule has 1 aliphatic carbocycles. The summed E-state index contributed by atoms with van der Waals surface area (Å²) in [6.45, 7) is 4.31. The maximum absolute atomic E-state index is 13.1. The van der Waals surface area contributed by atoms with E-state index in [1.807, 2.05) is 26.0 Å². The third kappa shape index (κ3) is 5.16. The van der Waals surface area contributed by atoms with Crippen LogP contribution in [0, 0.1) is 0 Å². The van der Waals surface area contributed by atoms with Gasteiger partial charge in [-0.3, -0.25) is 14.6 Å². The van der Waals surface area contributed by atoms with E-state index in [2.05, 4.69) is 15.6 Å². The summed E-state index contributed by atoms with van der Waals surface area (Å²) in [6.07, 6.45) is 7.47. The Kier molecular flexibility index (Phi) is 6.85. The highest BCUT2D eigenvalue weighted by molar-refractivity contribution is 7.17. The van der Waals surface area contributed by atoms with E-state index in [0.29, 0.717) is 22.7 Å². The van der Waals surface area contributed by atoms with E-state index in [9.17, 15) is 9.59 Å². The number of carbonyl (C=O) groups excluding carboxylic acids is 2. The highest BCUT2D eigenvalue weighted by Crippen LogP contribution is 2.38. The predicted molar refractivity (Wildman–Crippen MR) is 127 cm³/mol. The van der Waals surface area contributed by atoms with Gasteiger partial charge < -0.3 is 15.4 Å². The number of carbonyl (C=O) groups is 2. The molecule has 7 heteroatoms. The fourth-order valence-corrected chi connectivity index (χ4v) is 5.08. The van der Waals surface area contributed by atoms with Crippen molar-refractivity contribution in [3.63, 3.8) is 0 Å². The summed E-state index contributed by atoms with van der Waals surface area (Å²) in [7, 11) is 0. The van der Waals surface area contributed by atoms with Gasteiger partial charge in [0.25, 0.3) is 11.8 Å². The van der Waals surface area contributed by atoms with Gasteiger partial charge in [0.15, 0.2) is 0 Å². The van der Waals surface area contributed by atoms with Crippen LogP contribution in [0.5, 0.6) is 5.75 Å². The van der Waals surface area contributed by atoms with Crippen molar-refractivity contribution >= 4 is 28.2 Å². The van der Waals surface area contributed by atoms with E-state index >= 15 is 0 Å². The van der Waals surface area contributed by atoms with Gasteiger partial charge in [-0.15, -0.1) is 11.3 Å². The molecular weight excluding hydrogens is 422 g/mol. The molecule has 0 fully saturated rings. The first-order chi connectivity index (χ1) is 15.5. The normalized spacial score (nSPS) is 12.8. The molecule has 6 nitrogen and oxygen atoms in total. The Bertz CT molecular complexity index is 1090. The largest absolute Gasteiger partial charge is 0.491 e. The smallest absolute Gasteiger partial charge is 0.256 e. The van der Waals surface area contributed by atoms with Crippen molar-refractivity contribution in [1.29, 1.82) is 0 Å². The molecule has 1 aromatic carbocycles. The van der Waals surface area contributed by atoms with Gasteiger partial charge in [-0.1, -0.05) is 6.07 Å². The fourth-order valence-electron chi connectivity index (χ4n) is 3.80. The van der Waals surface area contributed by atoms with Crippen LogP contribution in [0.15, 0.2) is 48.8 Å². The lowest BCUT2D eigenvalue weighted by atomic mass is 9.95. The van der Waals surface area contributed by atoms with Crippen LogP contribution in [-0.4, -0.2) is 22.9 Å². The monoisotopic (exact) mass is 449 g/mol. The molecule has 0 aliphatic heterocycles. The Hall–Kier alpha value is -3.19. The number of amides is 2. The number of nitrogens with zero attached hydrogens (tertiary/aromatic N) is 1. The lowest BCUT2D eigenvalue weighted by molar-refractivity contribution is 0.0951. The van der Waals surface area contributed by atoms with Crippen molar-refractivity contribution in [1.82, 2.24) is 10.3 Å². The molecule has 1 aliphatic rings. The molecule has 4 rings (SSSR count). The number of aryl methyl sites for hydroxylation is 1. The van der Waals surface area contributed by atoms with Crippen molar-refractivity contribution in [2.45, 2.75) is 52.2 Å². The van der Waals surface area contributed by atoms with Crippen LogP contribution in [0.1, 0.15) is 63.4 Å². The average Bonchev–Trinajstić information content (AvgIpc) is 3.16. The minimum absolute atomic E-state index is 0.0693. The fraction of sp³-hybridized carbons (Fsp3) is 0.320. The van der Waals surface area contributed by atoms with Gasteiger partial charge in [0.1, 0.15) is 10.8 Å².